The topological polar surface area (TPSA) is 61.6 Å². The number of carbonyl (C=O) groups is 1. The zero-order chi connectivity index (χ0) is 18.5. The maximum absolute atomic E-state index is 12.2. The Balaban J connectivity index is 1.47. The summed E-state index contributed by atoms with van der Waals surface area (Å²) in [6.07, 6.45) is 4.29. The lowest BCUT2D eigenvalue weighted by Crippen LogP contribution is -2.36. The molecule has 140 valence electrons. The number of halogens is 1. The fourth-order valence-corrected chi connectivity index (χ4v) is 3.34. The van der Waals surface area contributed by atoms with Gasteiger partial charge in [0.15, 0.2) is 4.67 Å². The van der Waals surface area contributed by atoms with E-state index in [1.54, 1.807) is 11.9 Å². The van der Waals surface area contributed by atoms with E-state index in [2.05, 4.69) is 38.1 Å². The molecule has 1 saturated heterocycles. The fraction of sp³-hybridized carbons (Fsp3) is 0.474. The molecule has 2 amide bonds. The van der Waals surface area contributed by atoms with E-state index in [-0.39, 0.29) is 6.03 Å². The van der Waals surface area contributed by atoms with E-state index < -0.39 is 0 Å². The normalized spacial score (nSPS) is 15.1. The second-order valence-corrected chi connectivity index (χ2v) is 7.70. The molecule has 3 rings (SSSR count). The van der Waals surface area contributed by atoms with Gasteiger partial charge < -0.3 is 19.5 Å². The van der Waals surface area contributed by atoms with Crippen molar-refractivity contribution in [2.45, 2.75) is 32.9 Å². The Labute approximate surface area is 162 Å². The summed E-state index contributed by atoms with van der Waals surface area (Å²) >= 11 is 3.26. The molecule has 1 aliphatic rings. The Morgan fingerprint density at radius 3 is 2.73 bits per heavy atom. The Kier molecular flexibility index (Phi) is 6.19. The number of anilines is 1. The highest BCUT2D eigenvalue weighted by atomic mass is 79.9. The van der Waals surface area contributed by atoms with Gasteiger partial charge in [0.1, 0.15) is 11.6 Å². The van der Waals surface area contributed by atoms with E-state index in [0.29, 0.717) is 17.8 Å². The summed E-state index contributed by atoms with van der Waals surface area (Å²) in [6, 6.07) is 7.59. The van der Waals surface area contributed by atoms with Crippen molar-refractivity contribution in [1.82, 2.24) is 15.2 Å². The molecule has 6 nitrogen and oxygen atoms in total. The van der Waals surface area contributed by atoms with E-state index in [1.165, 1.54) is 12.8 Å². The predicted molar refractivity (Wildman–Crippen MR) is 105 cm³/mol. The van der Waals surface area contributed by atoms with Crippen LogP contribution in [0.25, 0.3) is 0 Å². The van der Waals surface area contributed by atoms with Gasteiger partial charge in [-0.1, -0.05) is 13.0 Å². The van der Waals surface area contributed by atoms with Crippen LogP contribution >= 0.6 is 15.9 Å². The first-order valence-electron chi connectivity index (χ1n) is 8.94. The van der Waals surface area contributed by atoms with Crippen molar-refractivity contribution < 1.29 is 9.21 Å². The molecule has 2 aromatic rings. The number of piperidine rings is 1. The van der Waals surface area contributed by atoms with Crippen molar-refractivity contribution in [2.24, 2.45) is 5.92 Å². The minimum absolute atomic E-state index is 0.147. The van der Waals surface area contributed by atoms with Crippen molar-refractivity contribution in [3.05, 3.63) is 46.5 Å². The average Bonchev–Trinajstić information content (AvgIpc) is 3.05. The van der Waals surface area contributed by atoms with Gasteiger partial charge in [0.05, 0.1) is 6.54 Å². The third-order valence-corrected chi connectivity index (χ3v) is 5.16. The Hall–Kier alpha value is -2.02. The van der Waals surface area contributed by atoms with E-state index in [4.69, 9.17) is 4.42 Å². The third kappa shape index (κ3) is 5.00. The molecule has 0 spiro atoms. The number of rotatable bonds is 5. The van der Waals surface area contributed by atoms with Crippen LogP contribution in [0.2, 0.25) is 0 Å². The van der Waals surface area contributed by atoms with Crippen molar-refractivity contribution >= 4 is 27.8 Å². The summed E-state index contributed by atoms with van der Waals surface area (Å²) in [4.78, 5) is 20.7. The monoisotopic (exact) mass is 420 g/mol. The molecule has 0 aromatic carbocycles. The van der Waals surface area contributed by atoms with Gasteiger partial charge in [-0.3, -0.25) is 0 Å². The molecule has 1 aliphatic heterocycles. The fourth-order valence-electron chi connectivity index (χ4n) is 3.00. The predicted octanol–water partition coefficient (Wildman–Crippen LogP) is 4.02. The molecule has 2 aromatic heterocycles. The first-order valence-corrected chi connectivity index (χ1v) is 9.73. The van der Waals surface area contributed by atoms with Crippen molar-refractivity contribution in [3.8, 4) is 0 Å². The molecule has 7 heteroatoms. The molecule has 1 fully saturated rings. The van der Waals surface area contributed by atoms with Crippen molar-refractivity contribution in [3.63, 3.8) is 0 Å². The highest BCUT2D eigenvalue weighted by molar-refractivity contribution is 9.10. The smallest absolute Gasteiger partial charge is 0.317 e. The van der Waals surface area contributed by atoms with Crippen LogP contribution in [0, 0.1) is 5.92 Å². The van der Waals surface area contributed by atoms with Crippen LogP contribution in [0.5, 0.6) is 0 Å². The van der Waals surface area contributed by atoms with Crippen LogP contribution in [0.3, 0.4) is 0 Å². The zero-order valence-electron chi connectivity index (χ0n) is 15.2. The number of amides is 2. The first-order chi connectivity index (χ1) is 12.5. The summed E-state index contributed by atoms with van der Waals surface area (Å²) < 4.78 is 6.09. The van der Waals surface area contributed by atoms with Crippen LogP contribution in [-0.2, 0) is 13.1 Å². The van der Waals surface area contributed by atoms with Crippen LogP contribution < -0.4 is 10.2 Å². The van der Waals surface area contributed by atoms with Crippen LogP contribution in [0.4, 0.5) is 10.6 Å². The molecule has 0 bridgehead atoms. The van der Waals surface area contributed by atoms with Gasteiger partial charge in [0.25, 0.3) is 0 Å². The Morgan fingerprint density at radius 2 is 2.12 bits per heavy atom. The van der Waals surface area contributed by atoms with Gasteiger partial charge >= 0.3 is 6.03 Å². The molecule has 0 atom stereocenters. The first kappa shape index (κ1) is 18.8. The summed E-state index contributed by atoms with van der Waals surface area (Å²) in [6.45, 7) is 5.31. The summed E-state index contributed by atoms with van der Waals surface area (Å²) in [5, 5.41) is 2.91. The van der Waals surface area contributed by atoms with Gasteiger partial charge in [-0.2, -0.15) is 0 Å². The molecule has 3 heterocycles. The zero-order valence-corrected chi connectivity index (χ0v) is 16.8. The molecular weight excluding hydrogens is 396 g/mol. The Morgan fingerprint density at radius 1 is 1.35 bits per heavy atom. The minimum Gasteiger partial charge on any atom is -0.452 e. The highest BCUT2D eigenvalue weighted by Crippen LogP contribution is 2.21. The number of nitrogens with zero attached hydrogens (tertiary/aromatic N) is 3. The van der Waals surface area contributed by atoms with Crippen LogP contribution in [0.1, 0.15) is 31.1 Å². The Bertz CT molecular complexity index is 723. The second-order valence-electron chi connectivity index (χ2n) is 6.91. The van der Waals surface area contributed by atoms with Crippen molar-refractivity contribution in [1.29, 1.82) is 0 Å². The van der Waals surface area contributed by atoms with E-state index in [0.717, 1.165) is 36.1 Å². The molecular formula is C19H25BrN4O2. The summed E-state index contributed by atoms with van der Waals surface area (Å²) in [5.41, 5.74) is 0.988. The molecule has 0 saturated carbocycles. The molecule has 1 N–H and O–H groups in total. The SMILES string of the molecule is CC1CCN(c2ccc(CNC(=O)N(C)Cc3ccc(Br)o3)cn2)CC1. The number of pyridine rings is 1. The van der Waals surface area contributed by atoms with Gasteiger partial charge in [-0.05, 0) is 58.5 Å². The summed E-state index contributed by atoms with van der Waals surface area (Å²) in [5.74, 6) is 2.56. The lowest BCUT2D eigenvalue weighted by atomic mass is 9.99. The van der Waals surface area contributed by atoms with Crippen LogP contribution in [0.15, 0.2) is 39.5 Å². The number of urea groups is 1. The maximum Gasteiger partial charge on any atom is 0.317 e. The number of carbonyl (C=O) groups excluding carboxylic acids is 1. The third-order valence-electron chi connectivity index (χ3n) is 4.73. The van der Waals surface area contributed by atoms with Gasteiger partial charge in [0.2, 0.25) is 0 Å². The number of aromatic nitrogens is 1. The lowest BCUT2D eigenvalue weighted by molar-refractivity contribution is 0.202. The molecule has 0 radical (unpaired) electrons. The second kappa shape index (κ2) is 8.58. The number of hydrogen-bond donors (Lipinski definition) is 1. The minimum atomic E-state index is -0.147. The largest absolute Gasteiger partial charge is 0.452 e. The molecule has 0 unspecified atom stereocenters. The van der Waals surface area contributed by atoms with E-state index >= 15 is 0 Å². The lowest BCUT2D eigenvalue weighted by Gasteiger charge is -2.31. The number of nitrogens with one attached hydrogen (secondary N) is 1. The van der Waals surface area contributed by atoms with Gasteiger partial charge in [0, 0.05) is 32.9 Å². The quantitative estimate of drug-likeness (QED) is 0.793. The van der Waals surface area contributed by atoms with Crippen molar-refractivity contribution in [2.75, 3.05) is 25.0 Å². The maximum atomic E-state index is 12.2. The molecule has 26 heavy (non-hydrogen) atoms. The number of hydrogen-bond acceptors (Lipinski definition) is 4. The van der Waals surface area contributed by atoms with Gasteiger partial charge in [-0.25, -0.2) is 9.78 Å². The average molecular weight is 421 g/mol. The summed E-state index contributed by atoms with van der Waals surface area (Å²) in [7, 11) is 1.74. The van der Waals surface area contributed by atoms with E-state index in [1.807, 2.05) is 30.5 Å². The standard InChI is InChI=1S/C19H25BrN4O2/c1-14-7-9-24(10-8-14)18-6-3-15(11-21-18)12-22-19(25)23(2)13-16-4-5-17(20)26-16/h3-6,11,14H,7-10,12-13H2,1-2H3,(H,22,25). The van der Waals surface area contributed by atoms with Crippen LogP contribution in [-0.4, -0.2) is 36.1 Å². The molecule has 0 aliphatic carbocycles. The number of furan rings is 1. The van der Waals surface area contributed by atoms with Gasteiger partial charge in [-0.15, -0.1) is 0 Å². The highest BCUT2D eigenvalue weighted by Gasteiger charge is 2.17. The van der Waals surface area contributed by atoms with E-state index in [9.17, 15) is 4.79 Å².